The number of aliphatic carboxylic acids is 1. The molecule has 0 radical (unpaired) electrons. The van der Waals surface area contributed by atoms with Crippen LogP contribution in [0.25, 0.3) is 5.69 Å². The molecule has 7 heteroatoms. The summed E-state index contributed by atoms with van der Waals surface area (Å²) in [5, 5.41) is 17.0. The van der Waals surface area contributed by atoms with Gasteiger partial charge in [-0.25, -0.2) is 9.48 Å². The molecular formula is C19H21N3O3S. The van der Waals surface area contributed by atoms with Crippen LogP contribution in [0.3, 0.4) is 0 Å². The number of thioether (sulfide) groups is 1. The first-order valence-corrected chi connectivity index (χ1v) is 9.97. The fourth-order valence-electron chi connectivity index (χ4n) is 3.68. The van der Waals surface area contributed by atoms with E-state index in [1.54, 1.807) is 11.8 Å². The van der Waals surface area contributed by atoms with E-state index >= 15 is 0 Å². The second-order valence-electron chi connectivity index (χ2n) is 7.02. The molecule has 26 heavy (non-hydrogen) atoms. The van der Waals surface area contributed by atoms with Gasteiger partial charge in [-0.2, -0.15) is 16.9 Å². The van der Waals surface area contributed by atoms with Crippen LogP contribution in [0.4, 0.5) is 0 Å². The number of carbonyl (C=O) groups is 2. The normalized spacial score (nSPS) is 21.6. The summed E-state index contributed by atoms with van der Waals surface area (Å²) in [7, 11) is 0. The first-order valence-electron chi connectivity index (χ1n) is 8.82. The van der Waals surface area contributed by atoms with Crippen molar-refractivity contribution in [2.45, 2.75) is 38.1 Å². The van der Waals surface area contributed by atoms with E-state index in [1.807, 2.05) is 35.9 Å². The lowest BCUT2D eigenvalue weighted by atomic mass is 9.98. The fourth-order valence-corrected chi connectivity index (χ4v) is 5.01. The Labute approximate surface area is 156 Å². The SMILES string of the molecule is Cc1ccc(-n2nc(C(=O)NC3(C(=O)O)CCSC3)c3c2CCC3)cc1. The number of carboxylic acid groups (broad SMARTS) is 1. The number of aryl methyl sites for hydroxylation is 1. The molecule has 1 unspecified atom stereocenters. The summed E-state index contributed by atoms with van der Waals surface area (Å²) in [5.41, 5.74) is 3.30. The molecule has 1 aliphatic heterocycles. The van der Waals surface area contributed by atoms with Gasteiger partial charge < -0.3 is 10.4 Å². The fraction of sp³-hybridized carbons (Fsp3) is 0.421. The third-order valence-corrected chi connectivity index (χ3v) is 6.40. The number of hydrogen-bond donors (Lipinski definition) is 2. The first kappa shape index (κ1) is 17.1. The van der Waals surface area contributed by atoms with E-state index in [0.717, 1.165) is 47.5 Å². The van der Waals surface area contributed by atoms with Gasteiger partial charge in [-0.15, -0.1) is 0 Å². The summed E-state index contributed by atoms with van der Waals surface area (Å²) in [5.74, 6) is -0.207. The van der Waals surface area contributed by atoms with Crippen molar-refractivity contribution in [3.8, 4) is 5.69 Å². The maximum absolute atomic E-state index is 12.9. The topological polar surface area (TPSA) is 84.2 Å². The molecule has 136 valence electrons. The van der Waals surface area contributed by atoms with Crippen LogP contribution >= 0.6 is 11.8 Å². The highest BCUT2D eigenvalue weighted by molar-refractivity contribution is 7.99. The van der Waals surface area contributed by atoms with Crippen molar-refractivity contribution < 1.29 is 14.7 Å². The third-order valence-electron chi connectivity index (χ3n) is 5.21. The number of carboxylic acids is 1. The van der Waals surface area contributed by atoms with Crippen LogP contribution in [0.15, 0.2) is 24.3 Å². The van der Waals surface area contributed by atoms with E-state index in [0.29, 0.717) is 17.9 Å². The van der Waals surface area contributed by atoms with Crippen molar-refractivity contribution >= 4 is 23.6 Å². The van der Waals surface area contributed by atoms with Gasteiger partial charge in [0.1, 0.15) is 5.54 Å². The van der Waals surface area contributed by atoms with Crippen molar-refractivity contribution in [3.05, 3.63) is 46.8 Å². The van der Waals surface area contributed by atoms with E-state index in [9.17, 15) is 14.7 Å². The maximum atomic E-state index is 12.9. The van der Waals surface area contributed by atoms with Crippen molar-refractivity contribution in [1.29, 1.82) is 0 Å². The van der Waals surface area contributed by atoms with Gasteiger partial charge in [0.25, 0.3) is 5.91 Å². The summed E-state index contributed by atoms with van der Waals surface area (Å²) in [6, 6.07) is 8.03. The Bertz CT molecular complexity index is 867. The second kappa shape index (κ2) is 6.46. The molecular weight excluding hydrogens is 350 g/mol. The van der Waals surface area contributed by atoms with E-state index in [2.05, 4.69) is 10.4 Å². The van der Waals surface area contributed by atoms with Crippen LogP contribution in [0.5, 0.6) is 0 Å². The standard InChI is InChI=1S/C19H21N3O3S/c1-12-5-7-13(8-6-12)22-15-4-2-3-14(15)16(21-22)17(23)20-19(18(24)25)9-10-26-11-19/h5-8H,2-4,9-11H2,1H3,(H,20,23)(H,24,25). The van der Waals surface area contributed by atoms with Gasteiger partial charge in [-0.1, -0.05) is 17.7 Å². The van der Waals surface area contributed by atoms with Crippen molar-refractivity contribution in [1.82, 2.24) is 15.1 Å². The molecule has 4 rings (SSSR count). The first-order chi connectivity index (χ1) is 12.5. The Morgan fingerprint density at radius 2 is 2.04 bits per heavy atom. The van der Waals surface area contributed by atoms with Gasteiger partial charge in [0.05, 0.1) is 5.69 Å². The lowest BCUT2D eigenvalue weighted by Gasteiger charge is -2.24. The Morgan fingerprint density at radius 1 is 1.27 bits per heavy atom. The zero-order valence-corrected chi connectivity index (χ0v) is 15.4. The molecule has 2 heterocycles. The van der Waals surface area contributed by atoms with Crippen LogP contribution < -0.4 is 5.32 Å². The lowest BCUT2D eigenvalue weighted by molar-refractivity contribution is -0.143. The minimum Gasteiger partial charge on any atom is -0.479 e. The third kappa shape index (κ3) is 2.80. The van der Waals surface area contributed by atoms with Gasteiger partial charge in [-0.3, -0.25) is 4.79 Å². The number of benzene rings is 1. The molecule has 1 aromatic carbocycles. The zero-order chi connectivity index (χ0) is 18.3. The highest BCUT2D eigenvalue weighted by Gasteiger charge is 2.44. The summed E-state index contributed by atoms with van der Waals surface area (Å²) >= 11 is 1.55. The largest absolute Gasteiger partial charge is 0.479 e. The lowest BCUT2D eigenvalue weighted by Crippen LogP contribution is -2.55. The number of aromatic nitrogens is 2. The monoisotopic (exact) mass is 371 g/mol. The molecule has 1 fully saturated rings. The quantitative estimate of drug-likeness (QED) is 0.862. The van der Waals surface area contributed by atoms with Gasteiger partial charge in [0.15, 0.2) is 5.69 Å². The van der Waals surface area contributed by atoms with Crippen molar-refractivity contribution in [3.63, 3.8) is 0 Å². The molecule has 0 saturated carbocycles. The molecule has 2 N–H and O–H groups in total. The van der Waals surface area contributed by atoms with Crippen LogP contribution in [0, 0.1) is 6.92 Å². The number of fused-ring (bicyclic) bond motifs is 1. The number of rotatable bonds is 4. The Balaban J connectivity index is 1.69. The van der Waals surface area contributed by atoms with E-state index < -0.39 is 11.5 Å². The highest BCUT2D eigenvalue weighted by Crippen LogP contribution is 2.31. The van der Waals surface area contributed by atoms with Crippen LogP contribution in [0.1, 0.15) is 40.2 Å². The minimum atomic E-state index is -1.18. The smallest absolute Gasteiger partial charge is 0.330 e. The molecule has 1 atom stereocenters. The van der Waals surface area contributed by atoms with Crippen LogP contribution in [-0.2, 0) is 17.6 Å². The summed E-state index contributed by atoms with van der Waals surface area (Å²) in [4.78, 5) is 24.6. The summed E-state index contributed by atoms with van der Waals surface area (Å²) in [6.45, 7) is 2.03. The molecule has 1 aliphatic carbocycles. The van der Waals surface area contributed by atoms with Gasteiger partial charge >= 0.3 is 5.97 Å². The van der Waals surface area contributed by atoms with E-state index in [4.69, 9.17) is 0 Å². The number of nitrogens with zero attached hydrogens (tertiary/aromatic N) is 2. The van der Waals surface area contributed by atoms with Crippen LogP contribution in [0.2, 0.25) is 0 Å². The summed E-state index contributed by atoms with van der Waals surface area (Å²) in [6.07, 6.45) is 3.11. The predicted molar refractivity (Wildman–Crippen MR) is 100 cm³/mol. The Morgan fingerprint density at radius 3 is 2.69 bits per heavy atom. The number of amides is 1. The number of hydrogen-bond acceptors (Lipinski definition) is 4. The van der Waals surface area contributed by atoms with E-state index in [-0.39, 0.29) is 5.91 Å². The van der Waals surface area contributed by atoms with E-state index in [1.165, 1.54) is 0 Å². The molecule has 2 aliphatic rings. The van der Waals surface area contributed by atoms with Gasteiger partial charge in [0, 0.05) is 17.0 Å². The van der Waals surface area contributed by atoms with Gasteiger partial charge in [0.2, 0.25) is 0 Å². The molecule has 6 nitrogen and oxygen atoms in total. The molecule has 0 spiro atoms. The number of nitrogens with one attached hydrogen (secondary N) is 1. The molecule has 1 aromatic heterocycles. The second-order valence-corrected chi connectivity index (χ2v) is 8.12. The Hall–Kier alpha value is -2.28. The average molecular weight is 371 g/mol. The molecule has 1 amide bonds. The van der Waals surface area contributed by atoms with Crippen molar-refractivity contribution in [2.75, 3.05) is 11.5 Å². The average Bonchev–Trinajstić information content (AvgIpc) is 3.31. The molecule has 1 saturated heterocycles. The number of carbonyl (C=O) groups excluding carboxylic acids is 1. The van der Waals surface area contributed by atoms with Gasteiger partial charge in [-0.05, 0) is 50.5 Å². The predicted octanol–water partition coefficient (Wildman–Crippen LogP) is 2.36. The minimum absolute atomic E-state index is 0.371. The molecule has 0 bridgehead atoms. The maximum Gasteiger partial charge on any atom is 0.330 e. The van der Waals surface area contributed by atoms with Crippen molar-refractivity contribution in [2.24, 2.45) is 0 Å². The highest BCUT2D eigenvalue weighted by atomic mass is 32.2. The zero-order valence-electron chi connectivity index (χ0n) is 14.6. The van der Waals surface area contributed by atoms with Crippen LogP contribution in [-0.4, -0.2) is 43.8 Å². The summed E-state index contributed by atoms with van der Waals surface area (Å²) < 4.78 is 1.84. The molecule has 2 aromatic rings. The Kier molecular flexibility index (Phi) is 4.26.